The van der Waals surface area contributed by atoms with Gasteiger partial charge < -0.3 is 19.7 Å². The molecule has 3 rings (SSSR count). The Morgan fingerprint density at radius 1 is 1.31 bits per heavy atom. The van der Waals surface area contributed by atoms with Crippen LogP contribution in [-0.2, 0) is 17.2 Å². The monoisotopic (exact) mass is 555 g/mol. The fourth-order valence-corrected chi connectivity index (χ4v) is 3.65. The molecule has 1 fully saturated rings. The van der Waals surface area contributed by atoms with Crippen LogP contribution in [0.2, 0.25) is 0 Å². The van der Waals surface area contributed by atoms with E-state index in [2.05, 4.69) is 72.3 Å². The Balaban J connectivity index is 0.00000363. The molecule has 2 aromatic rings. The minimum atomic E-state index is -0.0540. The number of rotatable bonds is 7. The van der Waals surface area contributed by atoms with Crippen molar-refractivity contribution in [2.75, 3.05) is 39.9 Å². The topological polar surface area (TPSA) is 63.9 Å². The number of hydrogen-bond acceptors (Lipinski definition) is 4. The molecule has 7 nitrogen and oxygen atoms in total. The minimum absolute atomic E-state index is 0. The highest BCUT2D eigenvalue weighted by molar-refractivity contribution is 14.0. The van der Waals surface area contributed by atoms with E-state index in [1.807, 2.05) is 31.2 Å². The summed E-state index contributed by atoms with van der Waals surface area (Å²) in [4.78, 5) is 6.80. The number of benzene rings is 1. The molecular weight excluding hydrogens is 517 g/mol. The smallest absolute Gasteiger partial charge is 0.193 e. The predicted octanol–water partition coefficient (Wildman–Crippen LogP) is 4.00. The number of aromatic nitrogens is 2. The van der Waals surface area contributed by atoms with E-state index < -0.39 is 0 Å². The van der Waals surface area contributed by atoms with Crippen LogP contribution in [0.1, 0.15) is 44.9 Å². The van der Waals surface area contributed by atoms with Gasteiger partial charge in [-0.2, -0.15) is 5.10 Å². The van der Waals surface area contributed by atoms with Crippen LogP contribution in [0.25, 0.3) is 0 Å². The molecule has 32 heavy (non-hydrogen) atoms. The van der Waals surface area contributed by atoms with Gasteiger partial charge in [-0.25, -0.2) is 0 Å². The summed E-state index contributed by atoms with van der Waals surface area (Å²) >= 11 is 0. The molecule has 0 radical (unpaired) electrons. The molecule has 178 valence electrons. The van der Waals surface area contributed by atoms with E-state index in [0.29, 0.717) is 12.5 Å². The Labute approximate surface area is 209 Å². The highest BCUT2D eigenvalue weighted by Gasteiger charge is 2.27. The summed E-state index contributed by atoms with van der Waals surface area (Å²) in [5.41, 5.74) is 2.31. The lowest BCUT2D eigenvalue weighted by Gasteiger charge is -2.36. The van der Waals surface area contributed by atoms with Crippen molar-refractivity contribution in [3.63, 3.8) is 0 Å². The molecule has 2 heterocycles. The second kappa shape index (κ2) is 11.9. The van der Waals surface area contributed by atoms with Crippen LogP contribution >= 0.6 is 24.0 Å². The maximum absolute atomic E-state index is 5.97. The van der Waals surface area contributed by atoms with E-state index in [-0.39, 0.29) is 35.5 Å². The summed E-state index contributed by atoms with van der Waals surface area (Å²) < 4.78 is 13.6. The Hall–Kier alpha value is -1.81. The molecule has 0 saturated carbocycles. The number of guanidine groups is 1. The molecule has 1 aliphatic heterocycles. The van der Waals surface area contributed by atoms with E-state index in [1.54, 1.807) is 0 Å². The molecule has 1 saturated heterocycles. The number of ether oxygens (including phenoxy) is 2. The third kappa shape index (κ3) is 7.10. The van der Waals surface area contributed by atoms with Gasteiger partial charge in [-0.1, -0.05) is 39.8 Å². The maximum Gasteiger partial charge on any atom is 0.193 e. The molecule has 1 aromatic carbocycles. The zero-order valence-corrected chi connectivity index (χ0v) is 22.5. The maximum atomic E-state index is 5.97. The zero-order valence-electron chi connectivity index (χ0n) is 20.2. The Bertz CT molecular complexity index is 864. The highest BCUT2D eigenvalue weighted by atomic mass is 127. The summed E-state index contributed by atoms with van der Waals surface area (Å²) in [7, 11) is 3.76. The van der Waals surface area contributed by atoms with Gasteiger partial charge in [-0.3, -0.25) is 9.67 Å². The van der Waals surface area contributed by atoms with Gasteiger partial charge >= 0.3 is 0 Å². The van der Waals surface area contributed by atoms with Crippen LogP contribution in [0.4, 0.5) is 0 Å². The number of morpholine rings is 1. The van der Waals surface area contributed by atoms with Gasteiger partial charge in [0, 0.05) is 44.4 Å². The fourth-order valence-electron chi connectivity index (χ4n) is 3.65. The average Bonchev–Trinajstić information content (AvgIpc) is 3.19. The number of halogens is 1. The van der Waals surface area contributed by atoms with E-state index >= 15 is 0 Å². The second-order valence-electron chi connectivity index (χ2n) is 9.27. The molecular formula is C24H38IN5O2. The number of aliphatic imine (C=N–C) groups is 1. The van der Waals surface area contributed by atoms with Gasteiger partial charge in [0.15, 0.2) is 5.96 Å². The standard InChI is InChI=1S/C24H37N5O2.HI/c1-18(2)16-31-21-9-7-20(8-10-21)24(3,4)17-26-23(25-5)29-11-12-30-22(15-29)19-13-27-28(6)14-19;/h7-10,13-14,18,22H,11-12,15-17H2,1-6H3,(H,25,26);1H. The average molecular weight is 556 g/mol. The molecule has 1 unspecified atom stereocenters. The fraction of sp³-hybridized carbons (Fsp3) is 0.583. The first-order chi connectivity index (χ1) is 14.8. The van der Waals surface area contributed by atoms with Crippen LogP contribution in [0.15, 0.2) is 41.7 Å². The highest BCUT2D eigenvalue weighted by Crippen LogP contribution is 2.26. The SMILES string of the molecule is CN=C(NCC(C)(C)c1ccc(OCC(C)C)cc1)N1CCOC(c2cnn(C)c2)C1.I. The van der Waals surface area contributed by atoms with E-state index in [1.165, 1.54) is 5.56 Å². The normalized spacial score (nSPS) is 17.3. The van der Waals surface area contributed by atoms with Crippen LogP contribution < -0.4 is 10.1 Å². The molecule has 0 amide bonds. The summed E-state index contributed by atoms with van der Waals surface area (Å²) in [6.45, 7) is 12.6. The number of hydrogen-bond donors (Lipinski definition) is 1. The first-order valence-electron chi connectivity index (χ1n) is 11.1. The van der Waals surface area contributed by atoms with Gasteiger partial charge in [0.25, 0.3) is 0 Å². The molecule has 0 bridgehead atoms. The van der Waals surface area contributed by atoms with E-state index in [0.717, 1.165) is 43.5 Å². The van der Waals surface area contributed by atoms with Crippen LogP contribution in [-0.4, -0.2) is 60.5 Å². The van der Waals surface area contributed by atoms with E-state index in [4.69, 9.17) is 9.47 Å². The van der Waals surface area contributed by atoms with Crippen molar-refractivity contribution < 1.29 is 9.47 Å². The first kappa shape index (κ1) is 26.4. The van der Waals surface area contributed by atoms with Gasteiger partial charge in [-0.15, -0.1) is 24.0 Å². The summed E-state index contributed by atoms with van der Waals surface area (Å²) in [6, 6.07) is 8.45. The lowest BCUT2D eigenvalue weighted by molar-refractivity contribution is -0.00808. The van der Waals surface area contributed by atoms with Gasteiger partial charge in [0.2, 0.25) is 0 Å². The van der Waals surface area contributed by atoms with Gasteiger partial charge in [0.1, 0.15) is 11.9 Å². The van der Waals surface area contributed by atoms with Crippen molar-refractivity contribution in [1.82, 2.24) is 20.0 Å². The molecule has 0 spiro atoms. The zero-order chi connectivity index (χ0) is 22.4. The second-order valence-corrected chi connectivity index (χ2v) is 9.27. The van der Waals surface area contributed by atoms with Crippen molar-refractivity contribution in [3.05, 3.63) is 47.8 Å². The molecule has 1 N–H and O–H groups in total. The number of nitrogens with one attached hydrogen (secondary N) is 1. The molecule has 1 aliphatic rings. The summed E-state index contributed by atoms with van der Waals surface area (Å²) in [6.07, 6.45) is 3.90. The molecule has 1 aromatic heterocycles. The van der Waals surface area contributed by atoms with Crippen molar-refractivity contribution in [3.8, 4) is 5.75 Å². The third-order valence-corrected chi connectivity index (χ3v) is 5.58. The largest absolute Gasteiger partial charge is 0.493 e. The molecule has 1 atom stereocenters. The lowest BCUT2D eigenvalue weighted by Crippen LogP contribution is -2.50. The van der Waals surface area contributed by atoms with Crippen molar-refractivity contribution in [2.24, 2.45) is 18.0 Å². The molecule has 8 heteroatoms. The molecule has 0 aliphatic carbocycles. The Kier molecular flexibility index (Phi) is 9.82. The Morgan fingerprint density at radius 3 is 2.62 bits per heavy atom. The summed E-state index contributed by atoms with van der Waals surface area (Å²) in [5, 5.41) is 7.85. The number of aryl methyl sites for hydroxylation is 1. The predicted molar refractivity (Wildman–Crippen MR) is 140 cm³/mol. The van der Waals surface area contributed by atoms with Crippen molar-refractivity contribution in [2.45, 2.75) is 39.2 Å². The quantitative estimate of drug-likeness (QED) is 0.318. The van der Waals surface area contributed by atoms with E-state index in [9.17, 15) is 0 Å². The third-order valence-electron chi connectivity index (χ3n) is 5.58. The van der Waals surface area contributed by atoms with Crippen LogP contribution in [0.5, 0.6) is 5.75 Å². The van der Waals surface area contributed by atoms with Crippen LogP contribution in [0, 0.1) is 5.92 Å². The number of nitrogens with zero attached hydrogens (tertiary/aromatic N) is 4. The van der Waals surface area contributed by atoms with Crippen LogP contribution in [0.3, 0.4) is 0 Å². The van der Waals surface area contributed by atoms with Gasteiger partial charge in [0.05, 0.1) is 26.0 Å². The Morgan fingerprint density at radius 2 is 2.03 bits per heavy atom. The first-order valence-corrected chi connectivity index (χ1v) is 11.1. The lowest BCUT2D eigenvalue weighted by atomic mass is 9.84. The minimum Gasteiger partial charge on any atom is -0.493 e. The van der Waals surface area contributed by atoms with Gasteiger partial charge in [-0.05, 0) is 23.6 Å². The summed E-state index contributed by atoms with van der Waals surface area (Å²) in [5.74, 6) is 2.35. The van der Waals surface area contributed by atoms with Crippen molar-refractivity contribution in [1.29, 1.82) is 0 Å². The van der Waals surface area contributed by atoms with Crippen molar-refractivity contribution >= 4 is 29.9 Å².